The van der Waals surface area contributed by atoms with Gasteiger partial charge in [0.2, 0.25) is 0 Å². The molecule has 0 saturated heterocycles. The van der Waals surface area contributed by atoms with E-state index >= 15 is 0 Å². The van der Waals surface area contributed by atoms with Crippen molar-refractivity contribution in [3.8, 4) is 0 Å². The number of aliphatic hydroxyl groups is 1. The first-order valence-corrected chi connectivity index (χ1v) is 7.78. The molecule has 0 fully saturated rings. The molecule has 0 bridgehead atoms. The van der Waals surface area contributed by atoms with E-state index in [1.165, 1.54) is 6.07 Å². The molecule has 0 aromatic heterocycles. The van der Waals surface area contributed by atoms with E-state index in [2.05, 4.69) is 17.6 Å². The predicted molar refractivity (Wildman–Crippen MR) is 87.0 cm³/mol. The molecule has 1 heterocycles. The molecule has 2 rings (SSSR count). The Kier molecular flexibility index (Phi) is 5.03. The summed E-state index contributed by atoms with van der Waals surface area (Å²) in [4.78, 5) is 10.6. The minimum Gasteiger partial charge on any atom is -0.396 e. The number of anilines is 1. The van der Waals surface area contributed by atoms with Crippen molar-refractivity contribution in [1.29, 1.82) is 0 Å². The second-order valence-corrected chi connectivity index (χ2v) is 6.61. The minimum absolute atomic E-state index is 0.0620. The molecule has 1 aromatic carbocycles. The molecular formula is C16H25N3O3. The Bertz CT molecular complexity index is 545. The third-order valence-corrected chi connectivity index (χ3v) is 4.41. The van der Waals surface area contributed by atoms with Gasteiger partial charge in [-0.2, -0.15) is 0 Å². The standard InChI is InChI=1S/C16H25N3O3/c1-4-7-17-14-9-15(16(2,3)10-20)18-13-6-5-11(19(21)22)8-12(13)14/h5-6,8,14-15,17-18,20H,4,7,9-10H2,1-3H3/t14-,15-/m0/s1. The lowest BCUT2D eigenvalue weighted by Crippen LogP contribution is -2.45. The van der Waals surface area contributed by atoms with Crippen LogP contribution in [0.5, 0.6) is 0 Å². The van der Waals surface area contributed by atoms with Crippen molar-refractivity contribution in [3.05, 3.63) is 33.9 Å². The second-order valence-electron chi connectivity index (χ2n) is 6.61. The molecule has 0 spiro atoms. The molecule has 1 aromatic rings. The molecule has 122 valence electrons. The lowest BCUT2D eigenvalue weighted by Gasteiger charge is -2.41. The van der Waals surface area contributed by atoms with E-state index in [4.69, 9.17) is 0 Å². The number of rotatable bonds is 6. The van der Waals surface area contributed by atoms with Gasteiger partial charge in [0.25, 0.3) is 5.69 Å². The molecule has 6 heteroatoms. The Balaban J connectivity index is 2.35. The van der Waals surface area contributed by atoms with Crippen molar-refractivity contribution in [1.82, 2.24) is 5.32 Å². The van der Waals surface area contributed by atoms with E-state index < -0.39 is 0 Å². The van der Waals surface area contributed by atoms with Crippen LogP contribution in [0.25, 0.3) is 0 Å². The van der Waals surface area contributed by atoms with Gasteiger partial charge in [0.05, 0.1) is 11.5 Å². The van der Waals surface area contributed by atoms with Crippen LogP contribution in [0.3, 0.4) is 0 Å². The van der Waals surface area contributed by atoms with E-state index in [0.717, 1.165) is 30.6 Å². The molecule has 3 N–H and O–H groups in total. The number of nitrogens with zero attached hydrogens (tertiary/aromatic N) is 1. The number of aliphatic hydroxyl groups excluding tert-OH is 1. The average molecular weight is 307 g/mol. The van der Waals surface area contributed by atoms with Gasteiger partial charge in [-0.25, -0.2) is 0 Å². The van der Waals surface area contributed by atoms with Crippen molar-refractivity contribution in [3.63, 3.8) is 0 Å². The van der Waals surface area contributed by atoms with Crippen molar-refractivity contribution >= 4 is 11.4 Å². The van der Waals surface area contributed by atoms with E-state index in [9.17, 15) is 15.2 Å². The first-order chi connectivity index (χ1) is 10.4. The number of non-ortho nitro benzene ring substituents is 1. The molecular weight excluding hydrogens is 282 g/mol. The van der Waals surface area contributed by atoms with Crippen LogP contribution < -0.4 is 10.6 Å². The molecule has 22 heavy (non-hydrogen) atoms. The smallest absolute Gasteiger partial charge is 0.269 e. The Morgan fingerprint density at radius 2 is 2.23 bits per heavy atom. The Hall–Kier alpha value is -1.66. The highest BCUT2D eigenvalue weighted by atomic mass is 16.6. The molecule has 0 radical (unpaired) electrons. The van der Waals surface area contributed by atoms with Gasteiger partial charge in [0.1, 0.15) is 0 Å². The van der Waals surface area contributed by atoms with Crippen LogP contribution in [0.15, 0.2) is 18.2 Å². The fourth-order valence-electron chi connectivity index (χ4n) is 2.83. The quantitative estimate of drug-likeness (QED) is 0.555. The zero-order valence-corrected chi connectivity index (χ0v) is 13.4. The van der Waals surface area contributed by atoms with Gasteiger partial charge in [0, 0.05) is 35.3 Å². The Labute approximate surface area is 131 Å². The lowest BCUT2D eigenvalue weighted by molar-refractivity contribution is -0.384. The molecule has 1 aliphatic rings. The highest BCUT2D eigenvalue weighted by Gasteiger charge is 2.36. The van der Waals surface area contributed by atoms with Crippen LogP contribution in [0.4, 0.5) is 11.4 Å². The van der Waals surface area contributed by atoms with E-state index in [1.54, 1.807) is 12.1 Å². The van der Waals surface area contributed by atoms with Crippen LogP contribution in [0.2, 0.25) is 0 Å². The summed E-state index contributed by atoms with van der Waals surface area (Å²) in [6, 6.07) is 5.12. The van der Waals surface area contributed by atoms with Crippen LogP contribution in [0, 0.1) is 15.5 Å². The summed E-state index contributed by atoms with van der Waals surface area (Å²) in [6.07, 6.45) is 1.80. The lowest BCUT2D eigenvalue weighted by atomic mass is 9.78. The Morgan fingerprint density at radius 3 is 2.82 bits per heavy atom. The van der Waals surface area contributed by atoms with Gasteiger partial charge in [-0.3, -0.25) is 10.1 Å². The summed E-state index contributed by atoms with van der Waals surface area (Å²) in [5.74, 6) is 0. The van der Waals surface area contributed by atoms with Gasteiger partial charge in [-0.1, -0.05) is 20.8 Å². The monoisotopic (exact) mass is 307 g/mol. The van der Waals surface area contributed by atoms with Crippen molar-refractivity contribution < 1.29 is 10.0 Å². The van der Waals surface area contributed by atoms with Crippen LogP contribution in [-0.2, 0) is 0 Å². The topological polar surface area (TPSA) is 87.4 Å². The van der Waals surface area contributed by atoms with E-state index in [1.807, 2.05) is 13.8 Å². The highest BCUT2D eigenvalue weighted by Crippen LogP contribution is 2.40. The maximum absolute atomic E-state index is 11.0. The zero-order chi connectivity index (χ0) is 16.3. The van der Waals surface area contributed by atoms with Crippen LogP contribution >= 0.6 is 0 Å². The SMILES string of the molecule is CCCN[C@H]1C[C@@H](C(C)(C)CO)Nc2ccc([N+](=O)[O-])cc21. The molecule has 1 aliphatic heterocycles. The molecule has 0 amide bonds. The normalized spacial score (nSPS) is 21.1. The van der Waals surface area contributed by atoms with Gasteiger partial charge >= 0.3 is 0 Å². The van der Waals surface area contributed by atoms with Gasteiger partial charge < -0.3 is 15.7 Å². The fraction of sp³-hybridized carbons (Fsp3) is 0.625. The minimum atomic E-state index is -0.360. The number of nitro benzene ring substituents is 1. The van der Waals surface area contributed by atoms with E-state index in [0.29, 0.717) is 0 Å². The van der Waals surface area contributed by atoms with Crippen molar-refractivity contribution in [2.75, 3.05) is 18.5 Å². The first kappa shape index (κ1) is 16.7. The van der Waals surface area contributed by atoms with Gasteiger partial charge in [-0.05, 0) is 31.0 Å². The summed E-state index contributed by atoms with van der Waals surface area (Å²) in [7, 11) is 0. The number of nitro groups is 1. The maximum Gasteiger partial charge on any atom is 0.269 e. The number of hydrogen-bond acceptors (Lipinski definition) is 5. The largest absolute Gasteiger partial charge is 0.396 e. The maximum atomic E-state index is 11.0. The molecule has 2 atom stereocenters. The third-order valence-electron chi connectivity index (χ3n) is 4.41. The molecule has 0 unspecified atom stereocenters. The number of fused-ring (bicyclic) bond motifs is 1. The van der Waals surface area contributed by atoms with Crippen molar-refractivity contribution in [2.24, 2.45) is 5.41 Å². The number of benzene rings is 1. The van der Waals surface area contributed by atoms with Crippen LogP contribution in [-0.4, -0.2) is 29.2 Å². The average Bonchev–Trinajstić information content (AvgIpc) is 2.51. The molecule has 0 aliphatic carbocycles. The van der Waals surface area contributed by atoms with Crippen molar-refractivity contribution in [2.45, 2.75) is 45.7 Å². The summed E-state index contributed by atoms with van der Waals surface area (Å²) in [5, 5.41) is 27.5. The summed E-state index contributed by atoms with van der Waals surface area (Å²) < 4.78 is 0. The second kappa shape index (κ2) is 6.62. The van der Waals surface area contributed by atoms with Crippen LogP contribution in [0.1, 0.15) is 45.2 Å². The fourth-order valence-corrected chi connectivity index (χ4v) is 2.83. The first-order valence-electron chi connectivity index (χ1n) is 7.78. The predicted octanol–water partition coefficient (Wildman–Crippen LogP) is 2.84. The number of hydrogen-bond donors (Lipinski definition) is 3. The third kappa shape index (κ3) is 3.39. The zero-order valence-electron chi connectivity index (χ0n) is 13.4. The molecule has 6 nitrogen and oxygen atoms in total. The highest BCUT2D eigenvalue weighted by molar-refractivity contribution is 5.60. The summed E-state index contributed by atoms with van der Waals surface area (Å²) in [5.41, 5.74) is 1.71. The number of nitrogens with one attached hydrogen (secondary N) is 2. The molecule has 0 saturated carbocycles. The summed E-state index contributed by atoms with van der Waals surface area (Å²) >= 11 is 0. The summed E-state index contributed by atoms with van der Waals surface area (Å²) in [6.45, 7) is 7.10. The van der Waals surface area contributed by atoms with Gasteiger partial charge in [-0.15, -0.1) is 0 Å². The van der Waals surface area contributed by atoms with E-state index in [-0.39, 0.29) is 34.7 Å². The van der Waals surface area contributed by atoms with Gasteiger partial charge in [0.15, 0.2) is 0 Å². The Morgan fingerprint density at radius 1 is 1.50 bits per heavy atom.